The first-order chi connectivity index (χ1) is 16.0. The summed E-state index contributed by atoms with van der Waals surface area (Å²) in [7, 11) is 4.73. The van der Waals surface area contributed by atoms with E-state index >= 15 is 0 Å². The van der Waals surface area contributed by atoms with Crippen molar-refractivity contribution in [3.63, 3.8) is 0 Å². The van der Waals surface area contributed by atoms with Crippen LogP contribution in [0.5, 0.6) is 17.2 Å². The second kappa shape index (κ2) is 12.0. The molecule has 9 nitrogen and oxygen atoms in total. The molecule has 0 saturated carbocycles. The number of carbonyl (C=O) groups excluding carboxylic acids is 2. The molecule has 2 aromatic carbocycles. The number of methoxy groups -OCH3 is 3. The zero-order chi connectivity index (χ0) is 23.6. The van der Waals surface area contributed by atoms with Crippen LogP contribution in [-0.4, -0.2) is 77.3 Å². The summed E-state index contributed by atoms with van der Waals surface area (Å²) < 4.78 is 15.8. The standard InChI is InChI=1S/C24H32N4O5/c1-31-20-8-5-4-7-19(20)28-15-13-27(14-16-28)12-6-11-25-23(29)24(30)26-18-9-10-21(32-2)22(17-18)33-3/h4-5,7-10,17H,6,11-16H2,1-3H3,(H,25,29)(H,26,30). The van der Waals surface area contributed by atoms with Crippen LogP contribution in [-0.2, 0) is 9.59 Å². The van der Waals surface area contributed by atoms with Crippen molar-refractivity contribution in [1.29, 1.82) is 0 Å². The number of ether oxygens (including phenoxy) is 3. The summed E-state index contributed by atoms with van der Waals surface area (Å²) in [6.45, 7) is 5.00. The summed E-state index contributed by atoms with van der Waals surface area (Å²) >= 11 is 0. The van der Waals surface area contributed by atoms with E-state index in [1.54, 1.807) is 25.3 Å². The zero-order valence-corrected chi connectivity index (χ0v) is 19.4. The Hall–Kier alpha value is -3.46. The van der Waals surface area contributed by atoms with E-state index in [9.17, 15) is 9.59 Å². The Balaban J connectivity index is 1.36. The van der Waals surface area contributed by atoms with Crippen LogP contribution in [0.25, 0.3) is 0 Å². The molecule has 0 aliphatic carbocycles. The Morgan fingerprint density at radius 2 is 1.55 bits per heavy atom. The molecule has 0 bridgehead atoms. The van der Waals surface area contributed by atoms with Gasteiger partial charge in [-0.05, 0) is 37.2 Å². The number of rotatable bonds is 9. The van der Waals surface area contributed by atoms with Gasteiger partial charge in [-0.3, -0.25) is 14.5 Å². The average molecular weight is 457 g/mol. The van der Waals surface area contributed by atoms with Gasteiger partial charge in [0.1, 0.15) is 5.75 Å². The van der Waals surface area contributed by atoms with E-state index in [0.29, 0.717) is 23.7 Å². The Bertz CT molecular complexity index is 944. The normalized spacial score (nSPS) is 13.8. The number of hydrogen-bond donors (Lipinski definition) is 2. The molecule has 1 saturated heterocycles. The van der Waals surface area contributed by atoms with Crippen molar-refractivity contribution in [3.05, 3.63) is 42.5 Å². The van der Waals surface area contributed by atoms with Crippen molar-refractivity contribution < 1.29 is 23.8 Å². The summed E-state index contributed by atoms with van der Waals surface area (Å²) in [5.74, 6) is 0.531. The quantitative estimate of drug-likeness (QED) is 0.440. The summed E-state index contributed by atoms with van der Waals surface area (Å²) in [4.78, 5) is 29.0. The van der Waals surface area contributed by atoms with E-state index in [0.717, 1.165) is 50.6 Å². The van der Waals surface area contributed by atoms with Crippen LogP contribution < -0.4 is 29.7 Å². The predicted molar refractivity (Wildman–Crippen MR) is 127 cm³/mol. The fourth-order valence-corrected chi connectivity index (χ4v) is 3.79. The molecule has 9 heteroatoms. The second-order valence-electron chi connectivity index (χ2n) is 7.63. The molecule has 0 aromatic heterocycles. The van der Waals surface area contributed by atoms with Crippen molar-refractivity contribution in [2.24, 2.45) is 0 Å². The largest absolute Gasteiger partial charge is 0.495 e. The number of anilines is 2. The van der Waals surface area contributed by atoms with E-state index in [1.165, 1.54) is 14.2 Å². The predicted octanol–water partition coefficient (Wildman–Crippen LogP) is 1.98. The number of carbonyl (C=O) groups is 2. The Labute approximate surface area is 194 Å². The molecule has 2 N–H and O–H groups in total. The van der Waals surface area contributed by atoms with E-state index in [4.69, 9.17) is 14.2 Å². The summed E-state index contributed by atoms with van der Waals surface area (Å²) in [6, 6.07) is 13.0. The molecular weight excluding hydrogens is 424 g/mol. The van der Waals surface area contributed by atoms with Crippen molar-refractivity contribution >= 4 is 23.2 Å². The van der Waals surface area contributed by atoms with Crippen molar-refractivity contribution in [2.45, 2.75) is 6.42 Å². The molecule has 0 radical (unpaired) electrons. The van der Waals surface area contributed by atoms with Crippen molar-refractivity contribution in [1.82, 2.24) is 10.2 Å². The SMILES string of the molecule is COc1ccc(NC(=O)C(=O)NCCCN2CCN(c3ccccc3OC)CC2)cc1OC. The lowest BCUT2D eigenvalue weighted by molar-refractivity contribution is -0.136. The maximum atomic E-state index is 12.2. The molecule has 0 unspecified atom stereocenters. The van der Waals surface area contributed by atoms with E-state index in [2.05, 4.69) is 26.5 Å². The molecule has 0 atom stereocenters. The van der Waals surface area contributed by atoms with Gasteiger partial charge in [-0.2, -0.15) is 0 Å². The first kappa shape index (κ1) is 24.2. The Morgan fingerprint density at radius 1 is 0.848 bits per heavy atom. The van der Waals surface area contributed by atoms with Gasteiger partial charge in [-0.25, -0.2) is 0 Å². The third-order valence-electron chi connectivity index (χ3n) is 5.58. The Kier molecular flexibility index (Phi) is 8.77. The highest BCUT2D eigenvalue weighted by molar-refractivity contribution is 6.39. The lowest BCUT2D eigenvalue weighted by atomic mass is 10.2. The number of benzene rings is 2. The summed E-state index contributed by atoms with van der Waals surface area (Å²) in [5, 5.41) is 5.26. The van der Waals surface area contributed by atoms with Crippen molar-refractivity contribution in [2.75, 3.05) is 70.8 Å². The van der Waals surface area contributed by atoms with Gasteiger partial charge in [0, 0.05) is 44.5 Å². The summed E-state index contributed by atoms with van der Waals surface area (Å²) in [5.41, 5.74) is 1.58. The van der Waals surface area contributed by atoms with Gasteiger partial charge in [-0.1, -0.05) is 12.1 Å². The third kappa shape index (κ3) is 6.52. The van der Waals surface area contributed by atoms with Crippen LogP contribution in [0.2, 0.25) is 0 Å². The monoisotopic (exact) mass is 456 g/mol. The topological polar surface area (TPSA) is 92.4 Å². The molecule has 1 aliphatic rings. The van der Waals surface area contributed by atoms with E-state index in [1.807, 2.05) is 18.2 Å². The molecular formula is C24H32N4O5. The van der Waals surface area contributed by atoms with Crippen LogP contribution in [0.3, 0.4) is 0 Å². The number of nitrogens with zero attached hydrogens (tertiary/aromatic N) is 2. The fraction of sp³-hybridized carbons (Fsp3) is 0.417. The zero-order valence-electron chi connectivity index (χ0n) is 19.4. The van der Waals surface area contributed by atoms with Crippen LogP contribution in [0, 0.1) is 0 Å². The number of para-hydroxylation sites is 2. The third-order valence-corrected chi connectivity index (χ3v) is 5.58. The smallest absolute Gasteiger partial charge is 0.313 e. The molecule has 0 spiro atoms. The Morgan fingerprint density at radius 3 is 2.24 bits per heavy atom. The number of piperazine rings is 1. The lowest BCUT2D eigenvalue weighted by Crippen LogP contribution is -2.47. The molecule has 1 aliphatic heterocycles. The summed E-state index contributed by atoms with van der Waals surface area (Å²) in [6.07, 6.45) is 0.768. The van der Waals surface area contributed by atoms with Crippen LogP contribution in [0.15, 0.2) is 42.5 Å². The lowest BCUT2D eigenvalue weighted by Gasteiger charge is -2.36. The first-order valence-electron chi connectivity index (χ1n) is 11.0. The highest BCUT2D eigenvalue weighted by Gasteiger charge is 2.19. The van der Waals surface area contributed by atoms with E-state index < -0.39 is 11.8 Å². The van der Waals surface area contributed by atoms with Gasteiger partial charge in [0.2, 0.25) is 0 Å². The molecule has 1 fully saturated rings. The fourth-order valence-electron chi connectivity index (χ4n) is 3.79. The highest BCUT2D eigenvalue weighted by atomic mass is 16.5. The second-order valence-corrected chi connectivity index (χ2v) is 7.63. The van der Waals surface area contributed by atoms with Crippen molar-refractivity contribution in [3.8, 4) is 17.2 Å². The number of amides is 2. The molecule has 1 heterocycles. The van der Waals surface area contributed by atoms with Gasteiger partial charge in [-0.15, -0.1) is 0 Å². The van der Waals surface area contributed by atoms with Gasteiger partial charge in [0.05, 0.1) is 27.0 Å². The van der Waals surface area contributed by atoms with Crippen LogP contribution in [0.4, 0.5) is 11.4 Å². The number of nitrogens with one attached hydrogen (secondary N) is 2. The minimum Gasteiger partial charge on any atom is -0.495 e. The van der Waals surface area contributed by atoms with E-state index in [-0.39, 0.29) is 0 Å². The van der Waals surface area contributed by atoms with Crippen LogP contribution in [0.1, 0.15) is 6.42 Å². The van der Waals surface area contributed by atoms with Gasteiger partial charge >= 0.3 is 11.8 Å². The molecule has 2 amide bonds. The minimum absolute atomic E-state index is 0.435. The first-order valence-corrected chi connectivity index (χ1v) is 11.0. The molecule has 178 valence electrons. The molecule has 2 aromatic rings. The van der Waals surface area contributed by atoms with Gasteiger partial charge < -0.3 is 29.7 Å². The maximum absolute atomic E-state index is 12.2. The highest BCUT2D eigenvalue weighted by Crippen LogP contribution is 2.30. The maximum Gasteiger partial charge on any atom is 0.313 e. The molecule has 3 rings (SSSR count). The average Bonchev–Trinajstić information content (AvgIpc) is 2.86. The number of hydrogen-bond acceptors (Lipinski definition) is 7. The van der Waals surface area contributed by atoms with Gasteiger partial charge in [0.15, 0.2) is 11.5 Å². The minimum atomic E-state index is -0.715. The van der Waals surface area contributed by atoms with Gasteiger partial charge in [0.25, 0.3) is 0 Å². The van der Waals surface area contributed by atoms with Crippen LogP contribution >= 0.6 is 0 Å². The molecule has 33 heavy (non-hydrogen) atoms.